The third-order valence-corrected chi connectivity index (χ3v) is 5.07. The van der Waals surface area contributed by atoms with Crippen LogP contribution in [0.2, 0.25) is 0 Å². The first-order valence-electron chi connectivity index (χ1n) is 5.29. The monoisotopic (exact) mass is 215 g/mol. The van der Waals surface area contributed by atoms with Gasteiger partial charge < -0.3 is 0 Å². The zero-order chi connectivity index (χ0) is 10.3. The van der Waals surface area contributed by atoms with Crippen molar-refractivity contribution in [1.82, 2.24) is 4.72 Å². The zero-order valence-corrected chi connectivity index (χ0v) is 9.52. The maximum absolute atomic E-state index is 11.6. The van der Waals surface area contributed by atoms with E-state index in [1.807, 2.05) is 6.92 Å². The summed E-state index contributed by atoms with van der Waals surface area (Å²) in [5.74, 6) is 0.689. The summed E-state index contributed by atoms with van der Waals surface area (Å²) in [6.07, 6.45) is 3.99. The van der Waals surface area contributed by atoms with Crippen molar-refractivity contribution >= 4 is 16.9 Å². The summed E-state index contributed by atoms with van der Waals surface area (Å²) in [7, 11) is -1.15. The van der Waals surface area contributed by atoms with E-state index in [0.717, 1.165) is 25.7 Å². The van der Waals surface area contributed by atoms with Crippen LogP contribution in [0.25, 0.3) is 0 Å². The minimum absolute atomic E-state index is 0.00306. The zero-order valence-electron chi connectivity index (χ0n) is 8.71. The van der Waals surface area contributed by atoms with E-state index in [2.05, 4.69) is 11.6 Å². The molecule has 2 aliphatic carbocycles. The highest BCUT2D eigenvalue weighted by atomic mass is 32.2. The van der Waals surface area contributed by atoms with Gasteiger partial charge in [-0.15, -0.1) is 0 Å². The molecular weight excluding hydrogens is 198 g/mol. The number of carbonyl (C=O) groups is 1. The molecule has 0 aliphatic heterocycles. The van der Waals surface area contributed by atoms with Crippen LogP contribution < -0.4 is 4.72 Å². The van der Waals surface area contributed by atoms with Crippen LogP contribution in [0, 0.1) is 11.8 Å². The van der Waals surface area contributed by atoms with Crippen LogP contribution in [0.4, 0.5) is 0 Å². The Labute approximate surface area is 87.2 Å². The highest BCUT2D eigenvalue weighted by Crippen LogP contribution is 2.43. The molecule has 0 aromatic heterocycles. The SMILES string of the molecule is CCC1C[C@@H]1C(=O)NS(=O)C1(C)CC1. The maximum Gasteiger partial charge on any atom is 0.235 e. The summed E-state index contributed by atoms with van der Waals surface area (Å²) in [6.45, 7) is 4.06. The molecule has 2 saturated carbocycles. The van der Waals surface area contributed by atoms with E-state index in [4.69, 9.17) is 0 Å². The van der Waals surface area contributed by atoms with Gasteiger partial charge in [-0.2, -0.15) is 0 Å². The molecule has 3 nitrogen and oxygen atoms in total. The van der Waals surface area contributed by atoms with Crippen LogP contribution in [-0.4, -0.2) is 14.9 Å². The van der Waals surface area contributed by atoms with Gasteiger partial charge in [-0.05, 0) is 32.1 Å². The van der Waals surface area contributed by atoms with Crippen molar-refractivity contribution in [2.45, 2.75) is 44.3 Å². The third kappa shape index (κ3) is 1.85. The average Bonchev–Trinajstić information content (AvgIpc) is 2.98. The van der Waals surface area contributed by atoms with Gasteiger partial charge in [-0.1, -0.05) is 13.3 Å². The minimum atomic E-state index is -1.15. The quantitative estimate of drug-likeness (QED) is 0.769. The first-order chi connectivity index (χ1) is 6.57. The van der Waals surface area contributed by atoms with E-state index in [1.165, 1.54) is 0 Å². The number of nitrogens with one attached hydrogen (secondary N) is 1. The predicted octanol–water partition coefficient (Wildman–Crippen LogP) is 1.36. The van der Waals surface area contributed by atoms with Crippen LogP contribution in [0.1, 0.15) is 39.5 Å². The molecule has 14 heavy (non-hydrogen) atoms. The number of carbonyl (C=O) groups excluding carboxylic acids is 1. The van der Waals surface area contributed by atoms with E-state index in [1.54, 1.807) is 0 Å². The Kier molecular flexibility index (Phi) is 2.41. The fraction of sp³-hybridized carbons (Fsp3) is 0.900. The molecule has 2 unspecified atom stereocenters. The molecule has 80 valence electrons. The Morgan fingerprint density at radius 1 is 1.57 bits per heavy atom. The van der Waals surface area contributed by atoms with E-state index < -0.39 is 11.0 Å². The normalized spacial score (nSPS) is 34.7. The van der Waals surface area contributed by atoms with E-state index in [0.29, 0.717) is 5.92 Å². The summed E-state index contributed by atoms with van der Waals surface area (Å²) >= 11 is 0. The molecular formula is C10H17NO2S. The van der Waals surface area contributed by atoms with Crippen LogP contribution >= 0.6 is 0 Å². The first kappa shape index (κ1) is 10.1. The van der Waals surface area contributed by atoms with Crippen molar-refractivity contribution < 1.29 is 9.00 Å². The molecule has 1 N–H and O–H groups in total. The maximum atomic E-state index is 11.6. The van der Waals surface area contributed by atoms with Crippen LogP contribution in [0.3, 0.4) is 0 Å². The average molecular weight is 215 g/mol. The Balaban J connectivity index is 1.81. The fourth-order valence-electron chi connectivity index (χ4n) is 1.67. The van der Waals surface area contributed by atoms with Gasteiger partial charge in [0, 0.05) is 5.92 Å². The summed E-state index contributed by atoms with van der Waals surface area (Å²) in [4.78, 5) is 11.6. The summed E-state index contributed by atoms with van der Waals surface area (Å²) in [5.41, 5.74) is 0. The summed E-state index contributed by atoms with van der Waals surface area (Å²) in [5, 5.41) is 0. The van der Waals surface area contributed by atoms with Gasteiger partial charge in [0.2, 0.25) is 5.91 Å². The van der Waals surface area contributed by atoms with Gasteiger partial charge in [-0.3, -0.25) is 9.52 Å². The second-order valence-corrected chi connectivity index (χ2v) is 6.42. The molecule has 0 aromatic carbocycles. The molecule has 0 heterocycles. The molecule has 3 atom stereocenters. The molecule has 2 rings (SSSR count). The van der Waals surface area contributed by atoms with E-state index in [9.17, 15) is 9.00 Å². The van der Waals surface area contributed by atoms with Gasteiger partial charge in [0.05, 0.1) is 4.75 Å². The lowest BCUT2D eigenvalue weighted by Gasteiger charge is -2.09. The second-order valence-electron chi connectivity index (χ2n) is 4.70. The molecule has 2 aliphatic rings. The van der Waals surface area contributed by atoms with Crippen molar-refractivity contribution in [2.24, 2.45) is 11.8 Å². The molecule has 0 saturated heterocycles. The molecule has 0 aromatic rings. The Morgan fingerprint density at radius 2 is 2.21 bits per heavy atom. The number of amides is 1. The van der Waals surface area contributed by atoms with Crippen molar-refractivity contribution in [3.05, 3.63) is 0 Å². The standard InChI is InChI=1S/C10H17NO2S/c1-3-7-6-8(7)9(12)11-14(13)10(2)4-5-10/h7-8H,3-6H2,1-2H3,(H,11,12)/t7?,8-,14?/m0/s1. The largest absolute Gasteiger partial charge is 0.274 e. The lowest BCUT2D eigenvalue weighted by Crippen LogP contribution is -2.34. The molecule has 2 fully saturated rings. The molecule has 0 radical (unpaired) electrons. The topological polar surface area (TPSA) is 46.2 Å². The minimum Gasteiger partial charge on any atom is -0.274 e. The molecule has 1 amide bonds. The number of hydrogen-bond acceptors (Lipinski definition) is 2. The highest BCUT2D eigenvalue weighted by molar-refractivity contribution is 7.85. The lowest BCUT2D eigenvalue weighted by molar-refractivity contribution is -0.120. The molecule has 0 bridgehead atoms. The second kappa shape index (κ2) is 3.33. The summed E-state index contributed by atoms with van der Waals surface area (Å²) < 4.78 is 14.2. The Morgan fingerprint density at radius 3 is 2.64 bits per heavy atom. The van der Waals surface area contributed by atoms with Crippen molar-refractivity contribution in [3.8, 4) is 0 Å². The molecule has 4 heteroatoms. The van der Waals surface area contributed by atoms with Gasteiger partial charge >= 0.3 is 0 Å². The van der Waals surface area contributed by atoms with Crippen molar-refractivity contribution in [3.63, 3.8) is 0 Å². The smallest absolute Gasteiger partial charge is 0.235 e. The van der Waals surface area contributed by atoms with Gasteiger partial charge in [0.25, 0.3) is 0 Å². The Hall–Kier alpha value is -0.380. The lowest BCUT2D eigenvalue weighted by atomic mass is 10.2. The predicted molar refractivity (Wildman–Crippen MR) is 55.8 cm³/mol. The number of hydrogen-bond donors (Lipinski definition) is 1. The van der Waals surface area contributed by atoms with Crippen molar-refractivity contribution in [1.29, 1.82) is 0 Å². The van der Waals surface area contributed by atoms with Crippen LogP contribution in [-0.2, 0) is 15.8 Å². The van der Waals surface area contributed by atoms with E-state index >= 15 is 0 Å². The summed E-state index contributed by atoms with van der Waals surface area (Å²) in [6, 6.07) is 0. The van der Waals surface area contributed by atoms with Gasteiger partial charge in [-0.25, -0.2) is 4.21 Å². The van der Waals surface area contributed by atoms with Gasteiger partial charge in [0.15, 0.2) is 0 Å². The number of rotatable bonds is 4. The first-order valence-corrected chi connectivity index (χ1v) is 6.44. The van der Waals surface area contributed by atoms with Gasteiger partial charge in [0.1, 0.15) is 11.0 Å². The van der Waals surface area contributed by atoms with Crippen LogP contribution in [0.15, 0.2) is 0 Å². The molecule has 0 spiro atoms. The van der Waals surface area contributed by atoms with E-state index in [-0.39, 0.29) is 16.6 Å². The van der Waals surface area contributed by atoms with Crippen LogP contribution in [0.5, 0.6) is 0 Å². The third-order valence-electron chi connectivity index (χ3n) is 3.38. The van der Waals surface area contributed by atoms with Crippen molar-refractivity contribution in [2.75, 3.05) is 0 Å². The fourth-order valence-corrected chi connectivity index (χ4v) is 2.72. The Bertz CT molecular complexity index is 286. The highest BCUT2D eigenvalue weighted by Gasteiger charge is 2.47.